The number of nitrogens with one attached hydrogen (secondary N) is 1. The molecular weight excluding hydrogens is 358 g/mol. The predicted molar refractivity (Wildman–Crippen MR) is 106 cm³/mol. The van der Waals surface area contributed by atoms with Crippen LogP contribution < -0.4 is 14.8 Å². The Kier molecular flexibility index (Phi) is 8.34. The van der Waals surface area contributed by atoms with E-state index in [1.54, 1.807) is 45.2 Å². The van der Waals surface area contributed by atoms with Gasteiger partial charge in [-0.15, -0.1) is 0 Å². The minimum Gasteiger partial charge on any atom is -0.497 e. The minimum atomic E-state index is -0.701. The number of ether oxygens (including phenoxy) is 3. The van der Waals surface area contributed by atoms with Gasteiger partial charge in [0.25, 0.3) is 5.91 Å². The van der Waals surface area contributed by atoms with Crippen molar-refractivity contribution in [3.63, 3.8) is 0 Å². The number of hydrogen-bond acceptors (Lipinski definition) is 5. The Morgan fingerprint density at radius 3 is 2.25 bits per heavy atom. The zero-order chi connectivity index (χ0) is 20.4. The summed E-state index contributed by atoms with van der Waals surface area (Å²) in [7, 11) is 1.58. The first-order valence-electron chi connectivity index (χ1n) is 9.32. The molecule has 0 heterocycles. The highest BCUT2D eigenvalue weighted by atomic mass is 16.5. The lowest BCUT2D eigenvalue weighted by molar-refractivity contribution is -0.148. The molecule has 0 aliphatic carbocycles. The number of carbonyl (C=O) groups is 2. The van der Waals surface area contributed by atoms with Gasteiger partial charge in [-0.05, 0) is 50.1 Å². The summed E-state index contributed by atoms with van der Waals surface area (Å²) in [5, 5.41) is 2.80. The molecule has 0 saturated heterocycles. The maximum Gasteiger partial charge on any atom is 0.311 e. The number of rotatable bonds is 10. The summed E-state index contributed by atoms with van der Waals surface area (Å²) in [5.41, 5.74) is 1.01. The van der Waals surface area contributed by atoms with Crippen molar-refractivity contribution in [2.45, 2.75) is 26.4 Å². The molecule has 6 nitrogen and oxygen atoms in total. The van der Waals surface area contributed by atoms with Gasteiger partial charge < -0.3 is 19.5 Å². The maximum atomic E-state index is 12.4. The van der Waals surface area contributed by atoms with E-state index in [1.807, 2.05) is 30.3 Å². The first-order valence-corrected chi connectivity index (χ1v) is 9.32. The zero-order valence-electron chi connectivity index (χ0n) is 16.5. The van der Waals surface area contributed by atoms with Crippen LogP contribution in [0.15, 0.2) is 54.6 Å². The lowest BCUT2D eigenvalue weighted by atomic mass is 9.99. The summed E-state index contributed by atoms with van der Waals surface area (Å²) in [6, 6.07) is 16.6. The van der Waals surface area contributed by atoms with Crippen LogP contribution in [0.2, 0.25) is 0 Å². The van der Waals surface area contributed by atoms with E-state index in [0.717, 1.165) is 5.56 Å². The molecule has 0 radical (unpaired) electrons. The molecule has 150 valence electrons. The van der Waals surface area contributed by atoms with Crippen LogP contribution >= 0.6 is 0 Å². The van der Waals surface area contributed by atoms with E-state index in [-0.39, 0.29) is 18.4 Å². The molecule has 2 rings (SSSR count). The zero-order valence-corrected chi connectivity index (χ0v) is 16.5. The topological polar surface area (TPSA) is 73.9 Å². The molecule has 0 spiro atoms. The first-order chi connectivity index (χ1) is 13.5. The van der Waals surface area contributed by atoms with E-state index in [2.05, 4.69) is 5.32 Å². The number of esters is 1. The Morgan fingerprint density at radius 1 is 1.00 bits per heavy atom. The van der Waals surface area contributed by atoms with Gasteiger partial charge >= 0.3 is 5.97 Å². The summed E-state index contributed by atoms with van der Waals surface area (Å²) >= 11 is 0. The lowest BCUT2D eigenvalue weighted by Crippen LogP contribution is -2.41. The lowest BCUT2D eigenvalue weighted by Gasteiger charge is -2.19. The quantitative estimate of drug-likeness (QED) is 0.637. The standard InChI is InChI=1S/C22H27NO5/c1-4-27-22(25)18(14-17-8-6-5-7-9-17)15-23-21(24)16(2)28-20-12-10-19(26-3)11-13-20/h5-13,16,18H,4,14-15H2,1-3H3,(H,23,24). The molecule has 1 amide bonds. The third-order valence-corrected chi connectivity index (χ3v) is 4.21. The third kappa shape index (κ3) is 6.61. The smallest absolute Gasteiger partial charge is 0.311 e. The first kappa shape index (κ1) is 21.3. The van der Waals surface area contributed by atoms with Gasteiger partial charge in [-0.1, -0.05) is 30.3 Å². The maximum absolute atomic E-state index is 12.4. The molecular formula is C22H27NO5. The summed E-state index contributed by atoms with van der Waals surface area (Å²) in [6.07, 6.45) is -0.207. The Morgan fingerprint density at radius 2 is 1.64 bits per heavy atom. The van der Waals surface area contributed by atoms with Gasteiger partial charge in [0.1, 0.15) is 11.5 Å². The second-order valence-corrected chi connectivity index (χ2v) is 6.32. The molecule has 2 atom stereocenters. The number of benzene rings is 2. The summed E-state index contributed by atoms with van der Waals surface area (Å²) in [4.78, 5) is 24.7. The van der Waals surface area contributed by atoms with Crippen LogP contribution in [0.1, 0.15) is 19.4 Å². The van der Waals surface area contributed by atoms with Crippen molar-refractivity contribution in [1.82, 2.24) is 5.32 Å². The number of methoxy groups -OCH3 is 1. The highest BCUT2D eigenvalue weighted by molar-refractivity contribution is 5.81. The molecule has 0 aliphatic rings. The van der Waals surface area contributed by atoms with Gasteiger partial charge in [-0.2, -0.15) is 0 Å². The monoisotopic (exact) mass is 385 g/mol. The van der Waals surface area contributed by atoms with E-state index in [0.29, 0.717) is 24.5 Å². The van der Waals surface area contributed by atoms with Crippen molar-refractivity contribution < 1.29 is 23.8 Å². The molecule has 1 N–H and O–H groups in total. The van der Waals surface area contributed by atoms with Gasteiger partial charge in [0.05, 0.1) is 19.6 Å². The molecule has 0 aliphatic heterocycles. The van der Waals surface area contributed by atoms with E-state index >= 15 is 0 Å². The highest BCUT2D eigenvalue weighted by Gasteiger charge is 2.23. The van der Waals surface area contributed by atoms with Crippen molar-refractivity contribution >= 4 is 11.9 Å². The molecule has 2 aromatic rings. The molecule has 0 fully saturated rings. The van der Waals surface area contributed by atoms with Crippen molar-refractivity contribution in [2.75, 3.05) is 20.3 Å². The number of amides is 1. The van der Waals surface area contributed by atoms with Crippen LogP contribution in [0.3, 0.4) is 0 Å². The summed E-state index contributed by atoms with van der Waals surface area (Å²) in [5.74, 6) is 0.199. The van der Waals surface area contributed by atoms with E-state index < -0.39 is 12.0 Å². The molecule has 0 saturated carbocycles. The molecule has 6 heteroatoms. The van der Waals surface area contributed by atoms with Gasteiger partial charge in [0, 0.05) is 6.54 Å². The minimum absolute atomic E-state index is 0.183. The third-order valence-electron chi connectivity index (χ3n) is 4.21. The Bertz CT molecular complexity index is 745. The molecule has 0 bridgehead atoms. The number of hydrogen-bond donors (Lipinski definition) is 1. The van der Waals surface area contributed by atoms with Crippen molar-refractivity contribution in [1.29, 1.82) is 0 Å². The van der Waals surface area contributed by atoms with Gasteiger partial charge in [0.2, 0.25) is 0 Å². The fraction of sp³-hybridized carbons (Fsp3) is 0.364. The molecule has 2 unspecified atom stereocenters. The van der Waals surface area contributed by atoms with Crippen molar-refractivity contribution in [2.24, 2.45) is 5.92 Å². The van der Waals surface area contributed by atoms with E-state index in [4.69, 9.17) is 14.2 Å². The van der Waals surface area contributed by atoms with Crippen LogP contribution in [0, 0.1) is 5.92 Å². The van der Waals surface area contributed by atoms with E-state index in [1.165, 1.54) is 0 Å². The van der Waals surface area contributed by atoms with E-state index in [9.17, 15) is 9.59 Å². The highest BCUT2D eigenvalue weighted by Crippen LogP contribution is 2.18. The molecule has 2 aromatic carbocycles. The van der Waals surface area contributed by atoms with Crippen LogP contribution in [0.4, 0.5) is 0 Å². The fourth-order valence-corrected chi connectivity index (χ4v) is 2.68. The van der Waals surface area contributed by atoms with Gasteiger partial charge in [-0.3, -0.25) is 9.59 Å². The van der Waals surface area contributed by atoms with Crippen LogP contribution in [-0.4, -0.2) is 38.2 Å². The predicted octanol–water partition coefficient (Wildman–Crippen LogP) is 3.00. The van der Waals surface area contributed by atoms with Crippen LogP contribution in [-0.2, 0) is 20.7 Å². The normalized spacial score (nSPS) is 12.5. The van der Waals surface area contributed by atoms with Crippen molar-refractivity contribution in [3.8, 4) is 11.5 Å². The SMILES string of the molecule is CCOC(=O)C(CNC(=O)C(C)Oc1ccc(OC)cc1)Cc1ccccc1. The Hall–Kier alpha value is -3.02. The average Bonchev–Trinajstić information content (AvgIpc) is 2.72. The fourth-order valence-electron chi connectivity index (χ4n) is 2.68. The van der Waals surface area contributed by atoms with Crippen LogP contribution in [0.25, 0.3) is 0 Å². The summed E-state index contributed by atoms with van der Waals surface area (Å²) in [6.45, 7) is 3.91. The number of carbonyl (C=O) groups excluding carboxylic acids is 2. The van der Waals surface area contributed by atoms with Crippen molar-refractivity contribution in [3.05, 3.63) is 60.2 Å². The summed E-state index contributed by atoms with van der Waals surface area (Å²) < 4.78 is 15.9. The van der Waals surface area contributed by atoms with Gasteiger partial charge in [0.15, 0.2) is 6.10 Å². The van der Waals surface area contributed by atoms with Crippen LogP contribution in [0.5, 0.6) is 11.5 Å². The second-order valence-electron chi connectivity index (χ2n) is 6.32. The Labute approximate surface area is 165 Å². The molecule has 28 heavy (non-hydrogen) atoms. The molecule has 0 aromatic heterocycles. The Balaban J connectivity index is 1.92. The average molecular weight is 385 g/mol. The second kappa shape index (κ2) is 11.0. The largest absolute Gasteiger partial charge is 0.497 e. The van der Waals surface area contributed by atoms with Gasteiger partial charge in [-0.25, -0.2) is 0 Å².